The molecule has 0 spiro atoms. The van der Waals surface area contributed by atoms with Crippen molar-refractivity contribution in [1.82, 2.24) is 14.8 Å². The highest BCUT2D eigenvalue weighted by atomic mass is 32.2. The molecule has 0 bridgehead atoms. The van der Waals surface area contributed by atoms with Crippen molar-refractivity contribution in [2.24, 2.45) is 0 Å². The molecule has 4 aromatic rings. The SMILES string of the molecule is CCn1c(SCc2cccc3ccccc23)nnc1C(C)Oc1ccccc1C. The summed E-state index contributed by atoms with van der Waals surface area (Å²) < 4.78 is 8.33. The van der Waals surface area contributed by atoms with E-state index in [0.717, 1.165) is 34.6 Å². The number of aryl methyl sites for hydroxylation is 1. The molecule has 0 saturated carbocycles. The summed E-state index contributed by atoms with van der Waals surface area (Å²) in [6.07, 6.45) is -0.171. The quantitative estimate of drug-likeness (QED) is 0.345. The van der Waals surface area contributed by atoms with E-state index < -0.39 is 0 Å². The minimum atomic E-state index is -0.171. The Labute approximate surface area is 175 Å². The van der Waals surface area contributed by atoms with Crippen molar-refractivity contribution < 1.29 is 4.74 Å². The second kappa shape index (κ2) is 8.70. The van der Waals surface area contributed by atoms with Gasteiger partial charge < -0.3 is 9.30 Å². The molecule has 5 heteroatoms. The minimum absolute atomic E-state index is 0.171. The third-order valence-electron chi connectivity index (χ3n) is 5.06. The largest absolute Gasteiger partial charge is 0.482 e. The highest BCUT2D eigenvalue weighted by molar-refractivity contribution is 7.98. The Bertz CT molecular complexity index is 1120. The molecular weight excluding hydrogens is 378 g/mol. The van der Waals surface area contributed by atoms with E-state index in [2.05, 4.69) is 77.1 Å². The fraction of sp³-hybridized carbons (Fsp3) is 0.250. The number of aromatic nitrogens is 3. The molecule has 0 saturated heterocycles. The van der Waals surface area contributed by atoms with Gasteiger partial charge in [-0.2, -0.15) is 0 Å². The van der Waals surface area contributed by atoms with Crippen LogP contribution in [0.3, 0.4) is 0 Å². The van der Waals surface area contributed by atoms with E-state index >= 15 is 0 Å². The van der Waals surface area contributed by atoms with Crippen LogP contribution in [-0.2, 0) is 12.3 Å². The lowest BCUT2D eigenvalue weighted by Gasteiger charge is -2.17. The minimum Gasteiger partial charge on any atom is -0.482 e. The van der Waals surface area contributed by atoms with Crippen molar-refractivity contribution >= 4 is 22.5 Å². The molecule has 0 aliphatic carbocycles. The number of hydrogen-bond acceptors (Lipinski definition) is 4. The molecular formula is C24H25N3OS. The van der Waals surface area contributed by atoms with Gasteiger partial charge in [-0.05, 0) is 48.7 Å². The molecule has 0 radical (unpaired) electrons. The van der Waals surface area contributed by atoms with Gasteiger partial charge in [-0.1, -0.05) is 72.4 Å². The van der Waals surface area contributed by atoms with Crippen LogP contribution < -0.4 is 4.74 Å². The summed E-state index contributed by atoms with van der Waals surface area (Å²) in [7, 11) is 0. The zero-order valence-electron chi connectivity index (χ0n) is 17.0. The van der Waals surface area contributed by atoms with E-state index in [9.17, 15) is 0 Å². The predicted octanol–water partition coefficient (Wildman–Crippen LogP) is 6.19. The Balaban J connectivity index is 1.53. The maximum atomic E-state index is 6.17. The molecule has 0 amide bonds. The van der Waals surface area contributed by atoms with Crippen LogP contribution in [0.4, 0.5) is 0 Å². The lowest BCUT2D eigenvalue weighted by molar-refractivity contribution is 0.208. The average molecular weight is 404 g/mol. The van der Waals surface area contributed by atoms with Crippen molar-refractivity contribution in [2.75, 3.05) is 0 Å². The summed E-state index contributed by atoms with van der Waals surface area (Å²) >= 11 is 1.72. The molecule has 3 aromatic carbocycles. The first kappa shape index (κ1) is 19.5. The molecule has 148 valence electrons. The Kier molecular flexibility index (Phi) is 5.86. The number of nitrogens with zero attached hydrogens (tertiary/aromatic N) is 3. The van der Waals surface area contributed by atoms with E-state index in [1.54, 1.807) is 11.8 Å². The highest BCUT2D eigenvalue weighted by Crippen LogP contribution is 2.29. The average Bonchev–Trinajstić information content (AvgIpc) is 3.17. The number of rotatable bonds is 7. The van der Waals surface area contributed by atoms with E-state index in [0.29, 0.717) is 0 Å². The van der Waals surface area contributed by atoms with E-state index in [1.807, 2.05) is 25.1 Å². The number of benzene rings is 3. The molecule has 0 aliphatic heterocycles. The Hall–Kier alpha value is -2.79. The summed E-state index contributed by atoms with van der Waals surface area (Å²) in [5.74, 6) is 2.60. The molecule has 0 N–H and O–H groups in total. The van der Waals surface area contributed by atoms with Crippen molar-refractivity contribution in [2.45, 2.75) is 44.3 Å². The number of hydrogen-bond donors (Lipinski definition) is 0. The van der Waals surface area contributed by atoms with E-state index in [1.165, 1.54) is 16.3 Å². The zero-order chi connectivity index (χ0) is 20.2. The van der Waals surface area contributed by atoms with Gasteiger partial charge in [0.05, 0.1) is 0 Å². The standard InChI is InChI=1S/C24H25N3OS/c1-4-27-23(18(3)28-22-15-8-5-10-17(22)2)25-26-24(27)29-16-20-13-9-12-19-11-6-7-14-21(19)20/h5-15,18H,4,16H2,1-3H3. The predicted molar refractivity (Wildman–Crippen MR) is 119 cm³/mol. The molecule has 29 heavy (non-hydrogen) atoms. The number of para-hydroxylation sites is 1. The zero-order valence-corrected chi connectivity index (χ0v) is 17.8. The third-order valence-corrected chi connectivity index (χ3v) is 6.07. The summed E-state index contributed by atoms with van der Waals surface area (Å²) in [5, 5.41) is 12.4. The van der Waals surface area contributed by atoms with Crippen LogP contribution in [0.5, 0.6) is 5.75 Å². The second-order valence-electron chi connectivity index (χ2n) is 7.04. The summed E-state index contributed by atoms with van der Waals surface area (Å²) in [5.41, 5.74) is 2.43. The molecule has 4 nitrogen and oxygen atoms in total. The maximum absolute atomic E-state index is 6.17. The summed E-state index contributed by atoms with van der Waals surface area (Å²) in [6.45, 7) is 7.01. The van der Waals surface area contributed by atoms with Gasteiger partial charge in [-0.3, -0.25) is 0 Å². The van der Waals surface area contributed by atoms with E-state index in [4.69, 9.17) is 4.74 Å². The first-order valence-electron chi connectivity index (χ1n) is 9.92. The maximum Gasteiger partial charge on any atom is 0.191 e. The first-order chi connectivity index (χ1) is 14.2. The van der Waals surface area contributed by atoms with Gasteiger partial charge in [-0.25, -0.2) is 0 Å². The lowest BCUT2D eigenvalue weighted by atomic mass is 10.1. The van der Waals surface area contributed by atoms with Crippen LogP contribution in [0, 0.1) is 6.92 Å². The Morgan fingerprint density at radius 3 is 2.55 bits per heavy atom. The summed E-state index contributed by atoms with van der Waals surface area (Å²) in [4.78, 5) is 0. The topological polar surface area (TPSA) is 39.9 Å². The number of thioether (sulfide) groups is 1. The van der Waals surface area contributed by atoms with Crippen LogP contribution in [0.2, 0.25) is 0 Å². The van der Waals surface area contributed by atoms with E-state index in [-0.39, 0.29) is 6.10 Å². The van der Waals surface area contributed by atoms with Crippen LogP contribution in [0.15, 0.2) is 71.9 Å². The van der Waals surface area contributed by atoms with Gasteiger partial charge in [0.2, 0.25) is 0 Å². The fourth-order valence-corrected chi connectivity index (χ4v) is 4.51. The molecule has 0 fully saturated rings. The molecule has 1 heterocycles. The Morgan fingerprint density at radius 2 is 1.72 bits per heavy atom. The normalized spacial score (nSPS) is 12.2. The van der Waals surface area contributed by atoms with Crippen LogP contribution in [-0.4, -0.2) is 14.8 Å². The molecule has 0 aliphatic rings. The molecule has 4 rings (SSSR count). The van der Waals surface area contributed by atoms with Gasteiger partial charge in [0.15, 0.2) is 17.1 Å². The van der Waals surface area contributed by atoms with Gasteiger partial charge in [0.25, 0.3) is 0 Å². The third kappa shape index (κ3) is 4.15. The fourth-order valence-electron chi connectivity index (χ4n) is 3.50. The number of ether oxygens (including phenoxy) is 1. The highest BCUT2D eigenvalue weighted by Gasteiger charge is 2.19. The van der Waals surface area contributed by atoms with Crippen molar-refractivity contribution in [3.8, 4) is 5.75 Å². The monoisotopic (exact) mass is 403 g/mol. The summed E-state index contributed by atoms with van der Waals surface area (Å²) in [6, 6.07) is 23.0. The van der Waals surface area contributed by atoms with Crippen molar-refractivity contribution in [1.29, 1.82) is 0 Å². The molecule has 1 aromatic heterocycles. The lowest BCUT2D eigenvalue weighted by Crippen LogP contribution is -2.12. The number of fused-ring (bicyclic) bond motifs is 1. The Morgan fingerprint density at radius 1 is 0.966 bits per heavy atom. The second-order valence-corrected chi connectivity index (χ2v) is 7.98. The van der Waals surface area contributed by atoms with Gasteiger partial charge in [-0.15, -0.1) is 10.2 Å². The van der Waals surface area contributed by atoms with Crippen LogP contribution >= 0.6 is 11.8 Å². The van der Waals surface area contributed by atoms with Gasteiger partial charge >= 0.3 is 0 Å². The smallest absolute Gasteiger partial charge is 0.191 e. The van der Waals surface area contributed by atoms with Crippen LogP contribution in [0.25, 0.3) is 10.8 Å². The van der Waals surface area contributed by atoms with Crippen molar-refractivity contribution in [3.63, 3.8) is 0 Å². The van der Waals surface area contributed by atoms with Crippen molar-refractivity contribution in [3.05, 3.63) is 83.7 Å². The molecule has 1 unspecified atom stereocenters. The van der Waals surface area contributed by atoms with Gasteiger partial charge in [0, 0.05) is 12.3 Å². The van der Waals surface area contributed by atoms with Crippen LogP contribution in [0.1, 0.15) is 36.9 Å². The van der Waals surface area contributed by atoms with Gasteiger partial charge in [0.1, 0.15) is 5.75 Å². The first-order valence-corrected chi connectivity index (χ1v) is 10.9. The molecule has 1 atom stereocenters.